The first-order valence-electron chi connectivity index (χ1n) is 10.3. The third kappa shape index (κ3) is 6.32. The fraction of sp³-hybridized carbons (Fsp3) is 0.650. The summed E-state index contributed by atoms with van der Waals surface area (Å²) in [5, 5.41) is 12.3. The highest BCUT2D eigenvalue weighted by Crippen LogP contribution is 2.24. The molecule has 2 aromatic rings. The van der Waals surface area contributed by atoms with Gasteiger partial charge in [-0.3, -0.25) is 9.36 Å². The van der Waals surface area contributed by atoms with Crippen LogP contribution in [0.5, 0.6) is 0 Å². The van der Waals surface area contributed by atoms with Crippen LogP contribution in [0.25, 0.3) is 11.6 Å². The number of nitrogens with one attached hydrogen (secondary N) is 1. The summed E-state index contributed by atoms with van der Waals surface area (Å²) in [5.41, 5.74) is 0. The van der Waals surface area contributed by atoms with Gasteiger partial charge in [0.25, 0.3) is 0 Å². The third-order valence-electron chi connectivity index (χ3n) is 5.27. The number of hydrogen-bond donors (Lipinski definition) is 1. The molecule has 29 heavy (non-hydrogen) atoms. The lowest BCUT2D eigenvalue weighted by molar-refractivity contribution is -0.118. The van der Waals surface area contributed by atoms with E-state index >= 15 is 0 Å². The SMILES string of the molecule is CCn1c(SCC(=O)NCC2CCN(CCN(C)C)CC2)nnc1-c1ccco1. The number of hydrogen-bond acceptors (Lipinski definition) is 7. The Balaban J connectivity index is 1.39. The average Bonchev–Trinajstić information content (AvgIpc) is 3.39. The molecule has 3 heterocycles. The lowest BCUT2D eigenvalue weighted by Crippen LogP contribution is -2.41. The molecule has 0 bridgehead atoms. The quantitative estimate of drug-likeness (QED) is 0.589. The Morgan fingerprint density at radius 2 is 2.14 bits per heavy atom. The molecule has 3 rings (SSSR count). The van der Waals surface area contributed by atoms with Crippen molar-refractivity contribution in [1.29, 1.82) is 0 Å². The molecule has 0 aromatic carbocycles. The Labute approximate surface area is 177 Å². The monoisotopic (exact) mass is 420 g/mol. The maximum absolute atomic E-state index is 12.3. The smallest absolute Gasteiger partial charge is 0.230 e. The van der Waals surface area contributed by atoms with Crippen LogP contribution in [0.15, 0.2) is 28.0 Å². The van der Waals surface area contributed by atoms with E-state index in [1.54, 1.807) is 6.26 Å². The average molecular weight is 421 g/mol. The number of amides is 1. The summed E-state index contributed by atoms with van der Waals surface area (Å²) in [6.07, 6.45) is 3.92. The Kier molecular flexibility index (Phi) is 8.14. The largest absolute Gasteiger partial charge is 0.461 e. The van der Waals surface area contributed by atoms with Crippen molar-refractivity contribution in [2.45, 2.75) is 31.5 Å². The molecule has 1 N–H and O–H groups in total. The van der Waals surface area contributed by atoms with Crippen LogP contribution >= 0.6 is 11.8 Å². The highest BCUT2D eigenvalue weighted by Gasteiger charge is 2.20. The van der Waals surface area contributed by atoms with Gasteiger partial charge in [0.15, 0.2) is 16.7 Å². The number of nitrogens with zero attached hydrogens (tertiary/aromatic N) is 5. The number of carbonyl (C=O) groups excluding carboxylic acids is 1. The van der Waals surface area contributed by atoms with Gasteiger partial charge in [-0.1, -0.05) is 11.8 Å². The lowest BCUT2D eigenvalue weighted by atomic mass is 9.97. The molecule has 1 amide bonds. The van der Waals surface area contributed by atoms with Crippen molar-refractivity contribution in [3.63, 3.8) is 0 Å². The number of carbonyl (C=O) groups is 1. The molecular formula is C20H32N6O2S. The summed E-state index contributed by atoms with van der Waals surface area (Å²) in [5.74, 6) is 2.35. The second kappa shape index (κ2) is 10.8. The van der Waals surface area contributed by atoms with Gasteiger partial charge in [0.2, 0.25) is 5.91 Å². The summed E-state index contributed by atoms with van der Waals surface area (Å²) < 4.78 is 7.40. The highest BCUT2D eigenvalue weighted by atomic mass is 32.2. The van der Waals surface area contributed by atoms with Crippen molar-refractivity contribution in [2.24, 2.45) is 5.92 Å². The number of piperidine rings is 1. The van der Waals surface area contributed by atoms with E-state index in [-0.39, 0.29) is 5.91 Å². The molecular weight excluding hydrogens is 388 g/mol. The van der Waals surface area contributed by atoms with Gasteiger partial charge >= 0.3 is 0 Å². The molecule has 1 saturated heterocycles. The molecule has 0 saturated carbocycles. The highest BCUT2D eigenvalue weighted by molar-refractivity contribution is 7.99. The molecule has 2 aromatic heterocycles. The van der Waals surface area contributed by atoms with Crippen molar-refractivity contribution in [2.75, 3.05) is 52.6 Å². The molecule has 9 heteroatoms. The van der Waals surface area contributed by atoms with Crippen molar-refractivity contribution < 1.29 is 9.21 Å². The first-order chi connectivity index (χ1) is 14.1. The maximum Gasteiger partial charge on any atom is 0.230 e. The summed E-state index contributed by atoms with van der Waals surface area (Å²) in [4.78, 5) is 17.1. The lowest BCUT2D eigenvalue weighted by Gasteiger charge is -2.32. The number of rotatable bonds is 10. The standard InChI is InChI=1S/C20H32N6O2S/c1-4-26-19(17-6-5-13-28-17)22-23-20(26)29-15-18(27)21-14-16-7-9-25(10-8-16)12-11-24(2)3/h5-6,13,16H,4,7-12,14-15H2,1-3H3,(H,21,27). The van der Waals surface area contributed by atoms with E-state index in [0.29, 0.717) is 23.3 Å². The van der Waals surface area contributed by atoms with Gasteiger partial charge in [-0.25, -0.2) is 0 Å². The fourth-order valence-corrected chi connectivity index (χ4v) is 4.30. The number of likely N-dealkylation sites (tertiary alicyclic amines) is 1. The molecule has 160 valence electrons. The van der Waals surface area contributed by atoms with Crippen LogP contribution in [-0.2, 0) is 11.3 Å². The molecule has 0 atom stereocenters. The van der Waals surface area contributed by atoms with Crippen LogP contribution in [0.1, 0.15) is 19.8 Å². The Bertz CT molecular complexity index is 753. The normalized spacial score (nSPS) is 15.9. The molecule has 1 aliphatic heterocycles. The summed E-state index contributed by atoms with van der Waals surface area (Å²) in [6, 6.07) is 3.69. The molecule has 0 radical (unpaired) electrons. The van der Waals surface area contributed by atoms with Crippen LogP contribution in [0.4, 0.5) is 0 Å². The summed E-state index contributed by atoms with van der Waals surface area (Å²) in [6.45, 7) is 7.99. The molecule has 0 unspecified atom stereocenters. The van der Waals surface area contributed by atoms with Crippen LogP contribution in [0.3, 0.4) is 0 Å². The third-order valence-corrected chi connectivity index (χ3v) is 6.23. The van der Waals surface area contributed by atoms with E-state index in [2.05, 4.69) is 39.4 Å². The van der Waals surface area contributed by atoms with Crippen LogP contribution in [-0.4, -0.2) is 83.0 Å². The van der Waals surface area contributed by atoms with Crippen molar-refractivity contribution >= 4 is 17.7 Å². The molecule has 8 nitrogen and oxygen atoms in total. The van der Waals surface area contributed by atoms with E-state index in [4.69, 9.17) is 4.42 Å². The van der Waals surface area contributed by atoms with E-state index < -0.39 is 0 Å². The van der Waals surface area contributed by atoms with Crippen LogP contribution in [0, 0.1) is 5.92 Å². The first-order valence-corrected chi connectivity index (χ1v) is 11.3. The molecule has 1 fully saturated rings. The first kappa shape index (κ1) is 21.9. The van der Waals surface area contributed by atoms with Crippen molar-refractivity contribution in [1.82, 2.24) is 29.9 Å². The van der Waals surface area contributed by atoms with E-state index in [1.165, 1.54) is 11.8 Å². The van der Waals surface area contributed by atoms with Crippen molar-refractivity contribution in [3.8, 4) is 11.6 Å². The number of aromatic nitrogens is 3. The Morgan fingerprint density at radius 3 is 2.79 bits per heavy atom. The van der Waals surface area contributed by atoms with Crippen LogP contribution in [0.2, 0.25) is 0 Å². The van der Waals surface area contributed by atoms with Gasteiger partial charge in [0.1, 0.15) is 0 Å². The maximum atomic E-state index is 12.3. The van der Waals surface area contributed by atoms with Gasteiger partial charge in [-0.05, 0) is 65.0 Å². The predicted molar refractivity (Wildman–Crippen MR) is 115 cm³/mol. The fourth-order valence-electron chi connectivity index (χ4n) is 3.46. The van der Waals surface area contributed by atoms with Crippen LogP contribution < -0.4 is 5.32 Å². The van der Waals surface area contributed by atoms with Gasteiger partial charge < -0.3 is 19.5 Å². The summed E-state index contributed by atoms with van der Waals surface area (Å²) in [7, 11) is 4.22. The zero-order chi connectivity index (χ0) is 20.6. The second-order valence-corrected chi connectivity index (χ2v) is 8.65. The van der Waals surface area contributed by atoms with E-state index in [1.807, 2.05) is 23.6 Å². The zero-order valence-electron chi connectivity index (χ0n) is 17.6. The molecule has 0 aliphatic carbocycles. The van der Waals surface area contributed by atoms with Gasteiger partial charge in [-0.15, -0.1) is 10.2 Å². The minimum Gasteiger partial charge on any atom is -0.461 e. The number of furan rings is 1. The minimum absolute atomic E-state index is 0.0511. The topological polar surface area (TPSA) is 79.4 Å². The van der Waals surface area contributed by atoms with Crippen molar-refractivity contribution in [3.05, 3.63) is 18.4 Å². The Morgan fingerprint density at radius 1 is 1.34 bits per heavy atom. The predicted octanol–water partition coefficient (Wildman–Crippen LogP) is 2.04. The van der Waals surface area contributed by atoms with E-state index in [0.717, 1.165) is 57.3 Å². The van der Waals surface area contributed by atoms with Gasteiger partial charge in [0, 0.05) is 26.2 Å². The minimum atomic E-state index is 0.0511. The van der Waals surface area contributed by atoms with Gasteiger partial charge in [0.05, 0.1) is 12.0 Å². The molecule has 0 spiro atoms. The van der Waals surface area contributed by atoms with Gasteiger partial charge in [-0.2, -0.15) is 0 Å². The molecule has 1 aliphatic rings. The Hall–Kier alpha value is -1.84. The number of thioether (sulfide) groups is 1. The number of likely N-dealkylation sites (N-methyl/N-ethyl adjacent to an activating group) is 1. The van der Waals surface area contributed by atoms with E-state index in [9.17, 15) is 4.79 Å². The summed E-state index contributed by atoms with van der Waals surface area (Å²) >= 11 is 1.42. The zero-order valence-corrected chi connectivity index (χ0v) is 18.5. The second-order valence-electron chi connectivity index (χ2n) is 7.71.